The van der Waals surface area contributed by atoms with E-state index in [1.807, 2.05) is 0 Å². The number of rotatable bonds is 3. The second-order valence-corrected chi connectivity index (χ2v) is 4.65. The number of aliphatic hydroxyl groups is 1. The second-order valence-electron chi connectivity index (χ2n) is 3.57. The lowest BCUT2D eigenvalue weighted by atomic mass is 10.1. The topological polar surface area (TPSA) is 48.9 Å². The maximum absolute atomic E-state index is 8.73. The second kappa shape index (κ2) is 4.24. The van der Waals surface area contributed by atoms with Gasteiger partial charge in [-0.25, -0.2) is 4.98 Å². The summed E-state index contributed by atoms with van der Waals surface area (Å²) < 4.78 is 0. The number of hydrogen-bond donors (Lipinski definition) is 2. The van der Waals surface area contributed by atoms with Crippen LogP contribution in [0.3, 0.4) is 0 Å². The minimum absolute atomic E-state index is 0.180. The van der Waals surface area contributed by atoms with E-state index in [2.05, 4.69) is 35.9 Å². The summed E-state index contributed by atoms with van der Waals surface area (Å²) in [5.41, 5.74) is 4.59. The Hall–Kier alpha value is -1.00. The van der Waals surface area contributed by atoms with Gasteiger partial charge >= 0.3 is 0 Å². The predicted octanol–water partition coefficient (Wildman–Crippen LogP) is 2.26. The molecule has 0 saturated carbocycles. The van der Waals surface area contributed by atoms with Crippen LogP contribution in [-0.2, 0) is 0 Å². The van der Waals surface area contributed by atoms with Crippen molar-refractivity contribution in [1.29, 1.82) is 0 Å². The molecule has 0 aliphatic rings. The van der Waals surface area contributed by atoms with Crippen molar-refractivity contribution in [3.63, 3.8) is 0 Å². The number of H-pyrrole nitrogens is 1. The molecule has 2 aromatic rings. The summed E-state index contributed by atoms with van der Waals surface area (Å²) in [4.78, 5) is 7.69. The molecular weight excluding hydrogens is 208 g/mol. The molecule has 1 aromatic carbocycles. The van der Waals surface area contributed by atoms with Crippen LogP contribution >= 0.6 is 11.8 Å². The van der Waals surface area contributed by atoms with Crippen LogP contribution in [0.15, 0.2) is 17.3 Å². The minimum Gasteiger partial charge on any atom is -0.396 e. The van der Waals surface area contributed by atoms with Gasteiger partial charge in [0.1, 0.15) is 0 Å². The minimum atomic E-state index is 0.180. The van der Waals surface area contributed by atoms with Crippen LogP contribution in [0.4, 0.5) is 0 Å². The van der Waals surface area contributed by atoms with Crippen molar-refractivity contribution in [2.75, 3.05) is 12.4 Å². The molecule has 0 radical (unpaired) electrons. The molecule has 0 saturated heterocycles. The zero-order valence-electron chi connectivity index (χ0n) is 8.87. The van der Waals surface area contributed by atoms with Crippen molar-refractivity contribution in [2.45, 2.75) is 19.0 Å². The normalized spacial score (nSPS) is 11.1. The van der Waals surface area contributed by atoms with E-state index < -0.39 is 0 Å². The first-order chi connectivity index (χ1) is 7.20. The van der Waals surface area contributed by atoms with Gasteiger partial charge in [0.25, 0.3) is 0 Å². The molecule has 2 N–H and O–H groups in total. The number of aliphatic hydroxyl groups excluding tert-OH is 1. The number of nitrogens with one attached hydrogen (secondary N) is 1. The van der Waals surface area contributed by atoms with E-state index >= 15 is 0 Å². The van der Waals surface area contributed by atoms with E-state index in [-0.39, 0.29) is 6.61 Å². The van der Waals surface area contributed by atoms with Crippen molar-refractivity contribution >= 4 is 22.8 Å². The number of aryl methyl sites for hydroxylation is 2. The lowest BCUT2D eigenvalue weighted by molar-refractivity contribution is 0.322. The molecule has 0 spiro atoms. The maximum atomic E-state index is 8.73. The lowest BCUT2D eigenvalue weighted by Gasteiger charge is -1.97. The Labute approximate surface area is 92.9 Å². The van der Waals surface area contributed by atoms with E-state index in [0.717, 1.165) is 16.2 Å². The van der Waals surface area contributed by atoms with Crippen molar-refractivity contribution < 1.29 is 5.11 Å². The van der Waals surface area contributed by atoms with E-state index in [9.17, 15) is 0 Å². The molecule has 0 atom stereocenters. The fourth-order valence-electron chi connectivity index (χ4n) is 1.46. The Bertz CT molecular complexity index is 440. The van der Waals surface area contributed by atoms with Gasteiger partial charge in [-0.3, -0.25) is 0 Å². The average molecular weight is 222 g/mol. The third-order valence-corrected chi connectivity index (χ3v) is 3.26. The number of hydrogen-bond acceptors (Lipinski definition) is 3. The molecule has 80 valence electrons. The fourth-order valence-corrected chi connectivity index (χ4v) is 2.09. The Morgan fingerprint density at radius 2 is 2.07 bits per heavy atom. The molecule has 0 aliphatic carbocycles. The van der Waals surface area contributed by atoms with Crippen LogP contribution in [-0.4, -0.2) is 27.4 Å². The Balaban J connectivity index is 2.38. The highest BCUT2D eigenvalue weighted by atomic mass is 32.2. The summed E-state index contributed by atoms with van der Waals surface area (Å²) >= 11 is 1.54. The van der Waals surface area contributed by atoms with Gasteiger partial charge in [0.15, 0.2) is 5.16 Å². The third kappa shape index (κ3) is 2.16. The Kier molecular flexibility index (Phi) is 2.98. The highest BCUT2D eigenvalue weighted by molar-refractivity contribution is 7.99. The van der Waals surface area contributed by atoms with Crippen molar-refractivity contribution in [3.8, 4) is 0 Å². The van der Waals surface area contributed by atoms with Gasteiger partial charge in [0.05, 0.1) is 17.6 Å². The number of aromatic amines is 1. The third-order valence-electron chi connectivity index (χ3n) is 2.41. The first kappa shape index (κ1) is 10.5. The van der Waals surface area contributed by atoms with Crippen LogP contribution in [0.25, 0.3) is 11.0 Å². The van der Waals surface area contributed by atoms with E-state index in [0.29, 0.717) is 5.75 Å². The first-order valence-corrected chi connectivity index (χ1v) is 5.90. The van der Waals surface area contributed by atoms with Gasteiger partial charge in [-0.15, -0.1) is 0 Å². The molecule has 0 aliphatic heterocycles. The number of aromatic nitrogens is 2. The van der Waals surface area contributed by atoms with Gasteiger partial charge in [0, 0.05) is 5.75 Å². The summed E-state index contributed by atoms with van der Waals surface area (Å²) in [7, 11) is 0. The summed E-state index contributed by atoms with van der Waals surface area (Å²) in [5, 5.41) is 9.61. The molecule has 0 bridgehead atoms. The number of imidazole rings is 1. The van der Waals surface area contributed by atoms with Crippen LogP contribution in [0.1, 0.15) is 11.1 Å². The zero-order valence-corrected chi connectivity index (χ0v) is 9.69. The van der Waals surface area contributed by atoms with Crippen LogP contribution < -0.4 is 0 Å². The smallest absolute Gasteiger partial charge is 0.166 e. The first-order valence-electron chi connectivity index (χ1n) is 4.91. The van der Waals surface area contributed by atoms with Gasteiger partial charge in [-0.2, -0.15) is 0 Å². The summed E-state index contributed by atoms with van der Waals surface area (Å²) in [6, 6.07) is 4.20. The van der Waals surface area contributed by atoms with Gasteiger partial charge in [0.2, 0.25) is 0 Å². The number of fused-ring (bicyclic) bond motifs is 1. The molecular formula is C11H14N2OS. The Morgan fingerprint density at radius 3 is 2.80 bits per heavy atom. The van der Waals surface area contributed by atoms with Crippen molar-refractivity contribution in [2.24, 2.45) is 0 Å². The number of benzene rings is 1. The van der Waals surface area contributed by atoms with Gasteiger partial charge < -0.3 is 10.1 Å². The largest absolute Gasteiger partial charge is 0.396 e. The predicted molar refractivity (Wildman–Crippen MR) is 63.4 cm³/mol. The van der Waals surface area contributed by atoms with Crippen molar-refractivity contribution in [1.82, 2.24) is 9.97 Å². The molecule has 4 heteroatoms. The molecule has 1 heterocycles. The molecule has 3 nitrogen and oxygen atoms in total. The summed E-state index contributed by atoms with van der Waals surface area (Å²) in [6.07, 6.45) is 0. The fraction of sp³-hybridized carbons (Fsp3) is 0.364. The lowest BCUT2D eigenvalue weighted by Crippen LogP contribution is -1.85. The maximum Gasteiger partial charge on any atom is 0.166 e. The average Bonchev–Trinajstić information content (AvgIpc) is 2.58. The van der Waals surface area contributed by atoms with Crippen LogP contribution in [0.5, 0.6) is 0 Å². The molecule has 0 fully saturated rings. The van der Waals surface area contributed by atoms with Crippen molar-refractivity contribution in [3.05, 3.63) is 23.3 Å². The van der Waals surface area contributed by atoms with E-state index in [1.165, 1.54) is 11.1 Å². The molecule has 0 amide bonds. The van der Waals surface area contributed by atoms with Gasteiger partial charge in [-0.1, -0.05) is 11.8 Å². The molecule has 2 rings (SSSR count). The van der Waals surface area contributed by atoms with Gasteiger partial charge in [-0.05, 0) is 37.1 Å². The summed E-state index contributed by atoms with van der Waals surface area (Å²) in [6.45, 7) is 4.36. The molecule has 0 unspecified atom stereocenters. The monoisotopic (exact) mass is 222 g/mol. The van der Waals surface area contributed by atoms with Crippen LogP contribution in [0, 0.1) is 13.8 Å². The Morgan fingerprint density at radius 1 is 1.33 bits per heavy atom. The zero-order chi connectivity index (χ0) is 10.8. The SMILES string of the molecule is Cc1cc2nc(SCCO)[nH]c2cc1C. The molecule has 15 heavy (non-hydrogen) atoms. The quantitative estimate of drug-likeness (QED) is 0.783. The highest BCUT2D eigenvalue weighted by Gasteiger charge is 2.04. The number of thioether (sulfide) groups is 1. The standard InChI is InChI=1S/C11H14N2OS/c1-7-5-9-10(6-8(7)2)13-11(12-9)15-4-3-14/h5-6,14H,3-4H2,1-2H3,(H,12,13). The molecule has 1 aromatic heterocycles. The summed E-state index contributed by atoms with van der Waals surface area (Å²) in [5.74, 6) is 0.678. The highest BCUT2D eigenvalue weighted by Crippen LogP contribution is 2.21. The van der Waals surface area contributed by atoms with E-state index in [1.54, 1.807) is 11.8 Å². The van der Waals surface area contributed by atoms with Crippen LogP contribution in [0.2, 0.25) is 0 Å². The van der Waals surface area contributed by atoms with E-state index in [4.69, 9.17) is 5.11 Å². The number of nitrogens with zero attached hydrogens (tertiary/aromatic N) is 1.